The molecule has 6 N–H and O–H groups in total. The van der Waals surface area contributed by atoms with E-state index in [-0.39, 0.29) is 37.6 Å². The van der Waals surface area contributed by atoms with Gasteiger partial charge in [0.1, 0.15) is 30.2 Å². The van der Waals surface area contributed by atoms with E-state index in [4.69, 9.17) is 0 Å². The molecule has 2 aliphatic rings. The molecule has 2 aliphatic heterocycles. The second-order valence-electron chi connectivity index (χ2n) is 12.8. The first kappa shape index (κ1) is 35.5. The molecule has 6 atom stereocenters. The Hall–Kier alpha value is -4.00. The Morgan fingerprint density at radius 1 is 0.733 bits per heavy atom. The smallest absolute Gasteiger partial charge is 0.245 e. The quantitative estimate of drug-likeness (QED) is 0.241. The van der Waals surface area contributed by atoms with E-state index >= 15 is 0 Å². The highest BCUT2D eigenvalue weighted by atomic mass is 16.3. The van der Waals surface area contributed by atoms with Crippen LogP contribution in [-0.4, -0.2) is 94.9 Å². The first-order valence-corrected chi connectivity index (χ1v) is 15.8. The zero-order valence-electron chi connectivity index (χ0n) is 26.8. The van der Waals surface area contributed by atoms with Gasteiger partial charge in [-0.3, -0.25) is 28.8 Å². The maximum Gasteiger partial charge on any atom is 0.245 e. The number of aliphatic hydroxyl groups excluding tert-OH is 1. The minimum absolute atomic E-state index is 0.0165. The standard InChI is InChI=1S/C32H48N6O7/c1-18(2)14-22-29(42)34-24(16-21-10-7-6-8-11-21)28(41)33-17-26(40)38-13-9-12-25(38)31(44)35-23(15-19(3)4)30(43)37-27(20(5)39)32(45)36-22/h6-8,10-11,18-20,22-25,27,39H,9,12-17H2,1-5H3,(H,33,41)(H,34,42)(H,35,44)(H,36,45)(H,37,43). The first-order valence-electron chi connectivity index (χ1n) is 15.8. The lowest BCUT2D eigenvalue weighted by Gasteiger charge is -2.30. The van der Waals surface area contributed by atoms with Crippen molar-refractivity contribution in [3.05, 3.63) is 35.9 Å². The molecule has 45 heavy (non-hydrogen) atoms. The van der Waals surface area contributed by atoms with E-state index in [1.165, 1.54) is 11.8 Å². The normalized spacial score (nSPS) is 26.7. The Labute approximate surface area is 264 Å². The van der Waals surface area contributed by atoms with Gasteiger partial charge in [-0.1, -0.05) is 58.0 Å². The molecule has 6 amide bonds. The predicted molar refractivity (Wildman–Crippen MR) is 166 cm³/mol. The third-order valence-electron chi connectivity index (χ3n) is 7.95. The van der Waals surface area contributed by atoms with E-state index in [0.29, 0.717) is 19.4 Å². The SMILES string of the molecule is CC(C)CC1NC(=O)C(C(C)O)NC(=O)C(CC(C)C)NC(=O)C2CCCN2C(=O)CNC(=O)C(Cc2ccccc2)NC1=O. The molecule has 0 bridgehead atoms. The fraction of sp³-hybridized carbons (Fsp3) is 0.625. The largest absolute Gasteiger partial charge is 0.391 e. The summed E-state index contributed by atoms with van der Waals surface area (Å²) < 4.78 is 0. The second-order valence-corrected chi connectivity index (χ2v) is 12.8. The van der Waals surface area contributed by atoms with Crippen LogP contribution in [0.25, 0.3) is 0 Å². The molecule has 0 aliphatic carbocycles. The lowest BCUT2D eigenvalue weighted by Crippen LogP contribution is -2.62. The Morgan fingerprint density at radius 2 is 1.29 bits per heavy atom. The number of benzene rings is 1. The van der Waals surface area contributed by atoms with Crippen molar-refractivity contribution in [3.63, 3.8) is 0 Å². The minimum Gasteiger partial charge on any atom is -0.391 e. The van der Waals surface area contributed by atoms with Gasteiger partial charge in [-0.25, -0.2) is 0 Å². The number of hydrogen-bond donors (Lipinski definition) is 6. The van der Waals surface area contributed by atoms with Crippen LogP contribution in [0, 0.1) is 11.8 Å². The molecule has 13 heteroatoms. The summed E-state index contributed by atoms with van der Waals surface area (Å²) >= 11 is 0. The maximum absolute atomic E-state index is 13.6. The highest BCUT2D eigenvalue weighted by Crippen LogP contribution is 2.19. The van der Waals surface area contributed by atoms with Crippen LogP contribution in [0.3, 0.4) is 0 Å². The van der Waals surface area contributed by atoms with E-state index < -0.39 is 71.8 Å². The molecule has 1 aromatic rings. The van der Waals surface area contributed by atoms with Crippen LogP contribution in [0.15, 0.2) is 30.3 Å². The van der Waals surface area contributed by atoms with Crippen LogP contribution in [0.5, 0.6) is 0 Å². The van der Waals surface area contributed by atoms with E-state index in [1.807, 2.05) is 33.8 Å². The van der Waals surface area contributed by atoms with Crippen LogP contribution >= 0.6 is 0 Å². The van der Waals surface area contributed by atoms with Gasteiger partial charge in [0.2, 0.25) is 35.4 Å². The topological polar surface area (TPSA) is 186 Å². The van der Waals surface area contributed by atoms with E-state index in [1.54, 1.807) is 24.3 Å². The molecule has 2 heterocycles. The third-order valence-corrected chi connectivity index (χ3v) is 7.95. The molecule has 0 aromatic heterocycles. The van der Waals surface area contributed by atoms with Crippen LogP contribution in [0.4, 0.5) is 0 Å². The van der Waals surface area contributed by atoms with E-state index in [2.05, 4.69) is 26.6 Å². The predicted octanol–water partition coefficient (Wildman–Crippen LogP) is -0.238. The zero-order valence-corrected chi connectivity index (χ0v) is 26.8. The van der Waals surface area contributed by atoms with Crippen molar-refractivity contribution in [1.29, 1.82) is 0 Å². The molecule has 0 saturated carbocycles. The van der Waals surface area contributed by atoms with Crippen LogP contribution in [0.2, 0.25) is 0 Å². The molecular weight excluding hydrogens is 580 g/mol. The summed E-state index contributed by atoms with van der Waals surface area (Å²) in [5.41, 5.74) is 0.764. The minimum atomic E-state index is -1.43. The summed E-state index contributed by atoms with van der Waals surface area (Å²) in [6.07, 6.45) is 0.171. The summed E-state index contributed by atoms with van der Waals surface area (Å²) in [6.45, 7) is 8.73. The molecule has 1 aromatic carbocycles. The van der Waals surface area contributed by atoms with Crippen LogP contribution < -0.4 is 26.6 Å². The van der Waals surface area contributed by atoms with Crippen LogP contribution in [0.1, 0.15) is 65.9 Å². The van der Waals surface area contributed by atoms with Gasteiger partial charge in [0.25, 0.3) is 0 Å². The fourth-order valence-corrected chi connectivity index (χ4v) is 5.65. The lowest BCUT2D eigenvalue weighted by molar-refractivity contribution is -0.141. The van der Waals surface area contributed by atoms with Crippen LogP contribution in [-0.2, 0) is 35.2 Å². The number of nitrogens with one attached hydrogen (secondary N) is 5. The summed E-state index contributed by atoms with van der Waals surface area (Å²) in [5, 5.41) is 23.8. The van der Waals surface area contributed by atoms with Crippen molar-refractivity contribution in [2.24, 2.45) is 11.8 Å². The van der Waals surface area contributed by atoms with Gasteiger partial charge < -0.3 is 36.6 Å². The van der Waals surface area contributed by atoms with Gasteiger partial charge in [-0.2, -0.15) is 0 Å². The number of rotatable bonds is 7. The lowest BCUT2D eigenvalue weighted by atomic mass is 9.99. The molecule has 2 saturated heterocycles. The molecular formula is C32H48N6O7. The summed E-state index contributed by atoms with van der Waals surface area (Å²) in [4.78, 5) is 82.0. The number of nitrogens with zero attached hydrogens (tertiary/aromatic N) is 1. The Morgan fingerprint density at radius 3 is 1.87 bits per heavy atom. The monoisotopic (exact) mass is 628 g/mol. The molecule has 0 radical (unpaired) electrons. The zero-order chi connectivity index (χ0) is 33.3. The second kappa shape index (κ2) is 16.4. The summed E-state index contributed by atoms with van der Waals surface area (Å²) in [5.74, 6) is -3.71. The third kappa shape index (κ3) is 10.3. The van der Waals surface area contributed by atoms with Crippen molar-refractivity contribution < 1.29 is 33.9 Å². The number of carbonyl (C=O) groups is 6. The number of fused-ring (bicyclic) bond motifs is 1. The molecule has 13 nitrogen and oxygen atoms in total. The molecule has 248 valence electrons. The van der Waals surface area contributed by atoms with E-state index in [9.17, 15) is 33.9 Å². The van der Waals surface area contributed by atoms with Crippen molar-refractivity contribution in [3.8, 4) is 0 Å². The summed E-state index contributed by atoms with van der Waals surface area (Å²) in [6, 6.07) is 3.53. The van der Waals surface area contributed by atoms with Gasteiger partial charge in [0, 0.05) is 13.0 Å². The van der Waals surface area contributed by atoms with Crippen molar-refractivity contribution in [2.75, 3.05) is 13.1 Å². The van der Waals surface area contributed by atoms with Crippen molar-refractivity contribution >= 4 is 35.4 Å². The molecule has 3 rings (SSSR count). The Balaban J connectivity index is 1.99. The Bertz CT molecular complexity index is 1220. The van der Waals surface area contributed by atoms with Gasteiger partial charge in [0.05, 0.1) is 12.6 Å². The maximum atomic E-state index is 13.6. The van der Waals surface area contributed by atoms with Gasteiger partial charge >= 0.3 is 0 Å². The fourth-order valence-electron chi connectivity index (χ4n) is 5.65. The number of aliphatic hydroxyl groups is 1. The first-order chi connectivity index (χ1) is 21.3. The molecule has 6 unspecified atom stereocenters. The Kier molecular flexibility index (Phi) is 12.9. The van der Waals surface area contributed by atoms with Crippen molar-refractivity contribution in [1.82, 2.24) is 31.5 Å². The number of amides is 6. The number of hydrogen-bond acceptors (Lipinski definition) is 7. The average molecular weight is 629 g/mol. The number of carbonyl (C=O) groups excluding carboxylic acids is 6. The average Bonchev–Trinajstić information content (AvgIpc) is 3.47. The molecule has 0 spiro atoms. The van der Waals surface area contributed by atoms with Gasteiger partial charge in [-0.15, -0.1) is 0 Å². The molecule has 2 fully saturated rings. The summed E-state index contributed by atoms with van der Waals surface area (Å²) in [7, 11) is 0. The highest BCUT2D eigenvalue weighted by Gasteiger charge is 2.38. The highest BCUT2D eigenvalue weighted by molar-refractivity contribution is 5.98. The van der Waals surface area contributed by atoms with Crippen molar-refractivity contribution in [2.45, 2.75) is 103 Å². The van der Waals surface area contributed by atoms with E-state index in [0.717, 1.165) is 5.56 Å². The van der Waals surface area contributed by atoms with Gasteiger partial charge in [0.15, 0.2) is 0 Å². The van der Waals surface area contributed by atoms with Gasteiger partial charge in [-0.05, 0) is 50.0 Å².